The van der Waals surface area contributed by atoms with Crippen molar-refractivity contribution in [3.05, 3.63) is 47.5 Å². The van der Waals surface area contributed by atoms with Gasteiger partial charge in [-0.25, -0.2) is 4.79 Å². The number of allylic oxidation sites excluding steroid dienone is 1. The molecule has 0 radical (unpaired) electrons. The van der Waals surface area contributed by atoms with E-state index in [0.29, 0.717) is 11.5 Å². The fourth-order valence-corrected chi connectivity index (χ4v) is 3.73. The molecule has 1 fully saturated rings. The summed E-state index contributed by atoms with van der Waals surface area (Å²) in [6.07, 6.45) is 3.73. The van der Waals surface area contributed by atoms with Crippen LogP contribution in [0.1, 0.15) is 46.1 Å². The van der Waals surface area contributed by atoms with E-state index in [4.69, 9.17) is 4.74 Å². The Morgan fingerprint density at radius 1 is 1.18 bits per heavy atom. The first kappa shape index (κ1) is 23.9. The Kier molecular flexibility index (Phi) is 9.94. The summed E-state index contributed by atoms with van der Waals surface area (Å²) in [7, 11) is 2.87. The van der Waals surface area contributed by atoms with Gasteiger partial charge in [-0.2, -0.15) is 0 Å². The number of benzene rings is 1. The van der Waals surface area contributed by atoms with Gasteiger partial charge < -0.3 is 9.47 Å². The van der Waals surface area contributed by atoms with Gasteiger partial charge in [0.2, 0.25) is 0 Å². The molecule has 1 aromatic rings. The normalized spacial score (nSPS) is 22.2. The molecular weight excluding hydrogens is 354 g/mol. The average Bonchev–Trinajstić information content (AvgIpc) is 3.04. The second-order valence-electron chi connectivity index (χ2n) is 7.46. The Balaban J connectivity index is 0.000000370. The summed E-state index contributed by atoms with van der Waals surface area (Å²) in [5.41, 5.74) is 1.62. The molecule has 5 nitrogen and oxygen atoms in total. The van der Waals surface area contributed by atoms with Crippen molar-refractivity contribution in [2.75, 3.05) is 27.3 Å². The second kappa shape index (κ2) is 11.6. The summed E-state index contributed by atoms with van der Waals surface area (Å²) in [4.78, 5) is 25.0. The summed E-state index contributed by atoms with van der Waals surface area (Å²) >= 11 is 0. The number of carbonyl (C=O) groups is 2. The summed E-state index contributed by atoms with van der Waals surface area (Å²) in [6, 6.07) is 10.4. The molecule has 0 aromatic heterocycles. The highest BCUT2D eigenvalue weighted by Crippen LogP contribution is 2.39. The van der Waals surface area contributed by atoms with Gasteiger partial charge in [-0.15, -0.1) is 0 Å². The molecule has 0 spiro atoms. The zero-order valence-electron chi connectivity index (χ0n) is 18.2. The van der Waals surface area contributed by atoms with Gasteiger partial charge in [-0.3, -0.25) is 9.69 Å². The van der Waals surface area contributed by atoms with Crippen LogP contribution in [0.3, 0.4) is 0 Å². The molecule has 0 N–H and O–H groups in total. The summed E-state index contributed by atoms with van der Waals surface area (Å²) in [5.74, 6) is 0.0652. The van der Waals surface area contributed by atoms with Crippen LogP contribution < -0.4 is 0 Å². The number of hydrogen-bond donors (Lipinski definition) is 0. The first-order chi connectivity index (χ1) is 13.3. The molecule has 1 saturated heterocycles. The molecule has 0 saturated carbocycles. The van der Waals surface area contributed by atoms with E-state index < -0.39 is 0 Å². The maximum Gasteiger partial charge on any atom is 0.333 e. The Hall–Kier alpha value is -2.14. The number of esters is 2. The van der Waals surface area contributed by atoms with Crippen molar-refractivity contribution in [1.82, 2.24) is 4.90 Å². The lowest BCUT2D eigenvalue weighted by Crippen LogP contribution is -2.36. The van der Waals surface area contributed by atoms with Crippen molar-refractivity contribution in [2.45, 2.75) is 47.1 Å². The van der Waals surface area contributed by atoms with E-state index in [-0.39, 0.29) is 17.4 Å². The highest BCUT2D eigenvalue weighted by molar-refractivity contribution is 5.87. The van der Waals surface area contributed by atoms with Gasteiger partial charge in [-0.1, -0.05) is 56.7 Å². The van der Waals surface area contributed by atoms with Crippen molar-refractivity contribution in [2.24, 2.45) is 11.3 Å². The number of likely N-dealkylation sites (tertiary alicyclic amines) is 1. The third kappa shape index (κ3) is 6.48. The minimum atomic E-state index is -0.363. The minimum Gasteiger partial charge on any atom is -0.469 e. The van der Waals surface area contributed by atoms with Crippen molar-refractivity contribution >= 4 is 11.9 Å². The molecule has 1 aromatic carbocycles. The number of methoxy groups -OCH3 is 2. The lowest BCUT2D eigenvalue weighted by Gasteiger charge is -2.26. The van der Waals surface area contributed by atoms with E-state index in [0.717, 1.165) is 32.5 Å². The van der Waals surface area contributed by atoms with Crippen LogP contribution in [0.2, 0.25) is 0 Å². The molecular formula is C23H35NO4. The van der Waals surface area contributed by atoms with Crippen LogP contribution in [0, 0.1) is 11.3 Å². The van der Waals surface area contributed by atoms with E-state index in [1.165, 1.54) is 19.8 Å². The van der Waals surface area contributed by atoms with E-state index in [9.17, 15) is 9.59 Å². The van der Waals surface area contributed by atoms with E-state index in [1.54, 1.807) is 6.92 Å². The van der Waals surface area contributed by atoms with E-state index in [1.807, 2.05) is 26.0 Å². The molecule has 1 aliphatic heterocycles. The molecule has 1 aliphatic rings. The van der Waals surface area contributed by atoms with Crippen molar-refractivity contribution in [1.29, 1.82) is 0 Å². The SMILES string of the molecule is CC/C=C(\C)C(=O)OC.CC[C@@H]1CN(Cc2ccccc2)C[C@@]1(C)C(=O)OC. The highest BCUT2D eigenvalue weighted by Gasteiger charge is 2.48. The van der Waals surface area contributed by atoms with Crippen LogP contribution in [-0.2, 0) is 25.6 Å². The van der Waals surface area contributed by atoms with Gasteiger partial charge in [0.1, 0.15) is 0 Å². The van der Waals surface area contributed by atoms with Crippen LogP contribution in [0.25, 0.3) is 0 Å². The molecule has 2 atom stereocenters. The topological polar surface area (TPSA) is 55.8 Å². The Morgan fingerprint density at radius 3 is 2.32 bits per heavy atom. The third-order valence-corrected chi connectivity index (χ3v) is 5.34. The van der Waals surface area contributed by atoms with Crippen molar-refractivity contribution in [3.8, 4) is 0 Å². The van der Waals surface area contributed by atoms with Gasteiger partial charge in [-0.05, 0) is 31.7 Å². The average molecular weight is 390 g/mol. The van der Waals surface area contributed by atoms with Crippen LogP contribution >= 0.6 is 0 Å². The Labute approximate surface area is 169 Å². The summed E-state index contributed by atoms with van der Waals surface area (Å²) in [6.45, 7) is 10.6. The fourth-order valence-electron chi connectivity index (χ4n) is 3.73. The number of rotatable bonds is 6. The van der Waals surface area contributed by atoms with Crippen LogP contribution in [0.5, 0.6) is 0 Å². The molecule has 0 bridgehead atoms. The minimum absolute atomic E-state index is 0.0742. The van der Waals surface area contributed by atoms with Crippen LogP contribution in [-0.4, -0.2) is 44.1 Å². The van der Waals surface area contributed by atoms with Crippen LogP contribution in [0.15, 0.2) is 42.0 Å². The van der Waals surface area contributed by atoms with Crippen molar-refractivity contribution in [3.63, 3.8) is 0 Å². The quantitative estimate of drug-likeness (QED) is 0.538. The van der Waals surface area contributed by atoms with Gasteiger partial charge in [0.25, 0.3) is 0 Å². The molecule has 0 aliphatic carbocycles. The summed E-state index contributed by atoms with van der Waals surface area (Å²) in [5, 5.41) is 0. The van der Waals surface area contributed by atoms with E-state index in [2.05, 4.69) is 40.8 Å². The van der Waals surface area contributed by atoms with Crippen molar-refractivity contribution < 1.29 is 19.1 Å². The van der Waals surface area contributed by atoms with Gasteiger partial charge in [0, 0.05) is 25.2 Å². The Morgan fingerprint density at radius 2 is 1.82 bits per heavy atom. The monoisotopic (exact) mass is 389 g/mol. The molecule has 0 unspecified atom stereocenters. The summed E-state index contributed by atoms with van der Waals surface area (Å²) < 4.78 is 9.46. The number of ether oxygens (including phenoxy) is 2. The first-order valence-electron chi connectivity index (χ1n) is 9.92. The standard InChI is InChI=1S/C16H23NO2.C7H12O2/c1-4-14-11-17(10-13-8-6-5-7-9-13)12-16(14,2)15(18)19-3;1-4-5-6(2)7(8)9-3/h5-9,14H,4,10-12H2,1-3H3;5H,4H2,1-3H3/b;6-5+/t14-,16-;/m1./s1. The molecule has 2 rings (SSSR count). The lowest BCUT2D eigenvalue weighted by atomic mass is 9.78. The smallest absolute Gasteiger partial charge is 0.333 e. The Bertz CT molecular complexity index is 656. The van der Waals surface area contributed by atoms with Gasteiger partial charge >= 0.3 is 11.9 Å². The number of nitrogens with zero attached hydrogens (tertiary/aromatic N) is 1. The second-order valence-corrected chi connectivity index (χ2v) is 7.46. The van der Waals surface area contributed by atoms with Gasteiger partial charge in [0.15, 0.2) is 0 Å². The molecule has 5 heteroatoms. The maximum atomic E-state index is 12.1. The number of hydrogen-bond acceptors (Lipinski definition) is 5. The number of carbonyl (C=O) groups excluding carboxylic acids is 2. The molecule has 0 amide bonds. The zero-order chi connectivity index (χ0) is 21.2. The maximum absolute atomic E-state index is 12.1. The largest absolute Gasteiger partial charge is 0.469 e. The third-order valence-electron chi connectivity index (χ3n) is 5.34. The lowest BCUT2D eigenvalue weighted by molar-refractivity contribution is -0.153. The molecule has 1 heterocycles. The molecule has 28 heavy (non-hydrogen) atoms. The van der Waals surface area contributed by atoms with E-state index >= 15 is 0 Å². The zero-order valence-corrected chi connectivity index (χ0v) is 18.2. The molecule has 156 valence electrons. The predicted molar refractivity (Wildman–Crippen MR) is 112 cm³/mol. The predicted octanol–water partition coefficient (Wildman–Crippen LogP) is 4.22. The first-order valence-corrected chi connectivity index (χ1v) is 9.92. The fraction of sp³-hybridized carbons (Fsp3) is 0.565. The highest BCUT2D eigenvalue weighted by atomic mass is 16.5. The van der Waals surface area contributed by atoms with Crippen LogP contribution in [0.4, 0.5) is 0 Å². The van der Waals surface area contributed by atoms with Gasteiger partial charge in [0.05, 0.1) is 19.6 Å².